The van der Waals surface area contributed by atoms with Crippen LogP contribution in [0, 0.1) is 0 Å². The summed E-state index contributed by atoms with van der Waals surface area (Å²) in [6, 6.07) is 8.15. The van der Waals surface area contributed by atoms with Crippen LogP contribution in [0.4, 0.5) is 11.9 Å². The van der Waals surface area contributed by atoms with E-state index >= 15 is 0 Å². The summed E-state index contributed by atoms with van der Waals surface area (Å²) in [7, 11) is 0. The molecule has 0 aliphatic rings. The van der Waals surface area contributed by atoms with Gasteiger partial charge in [0.25, 0.3) is 5.78 Å². The van der Waals surface area contributed by atoms with E-state index in [1.807, 2.05) is 38.2 Å². The number of nitrogens with zero attached hydrogens (tertiary/aromatic N) is 5. The topological polar surface area (TPSA) is 125 Å². The van der Waals surface area contributed by atoms with Crippen molar-refractivity contribution >= 4 is 46.2 Å². The molecule has 0 saturated carbocycles. The summed E-state index contributed by atoms with van der Waals surface area (Å²) < 4.78 is 1.73. The van der Waals surface area contributed by atoms with E-state index in [-0.39, 0.29) is 11.7 Å². The van der Waals surface area contributed by atoms with Crippen molar-refractivity contribution < 1.29 is 4.79 Å². The van der Waals surface area contributed by atoms with Crippen LogP contribution in [0.15, 0.2) is 35.6 Å². The number of nitrogens with one attached hydrogen (secondary N) is 4. The Labute approximate surface area is 183 Å². The Morgan fingerprint density at radius 1 is 1.13 bits per heavy atom. The van der Waals surface area contributed by atoms with Gasteiger partial charge >= 0.3 is 0 Å². The molecule has 11 heteroatoms. The third kappa shape index (κ3) is 4.71. The first-order chi connectivity index (χ1) is 15.2. The highest BCUT2D eigenvalue weighted by atomic mass is 32.2. The molecule has 0 aliphatic heterocycles. The van der Waals surface area contributed by atoms with Gasteiger partial charge < -0.3 is 20.9 Å². The van der Waals surface area contributed by atoms with Crippen LogP contribution in [0.1, 0.15) is 19.4 Å². The van der Waals surface area contributed by atoms with E-state index in [1.165, 1.54) is 22.7 Å². The minimum atomic E-state index is -0.0585. The van der Waals surface area contributed by atoms with Gasteiger partial charge in [0.15, 0.2) is 5.16 Å². The molecular formula is C20H25N9OS. The molecule has 0 fully saturated rings. The Kier molecular flexibility index (Phi) is 6.51. The zero-order valence-corrected chi connectivity index (χ0v) is 18.3. The lowest BCUT2D eigenvalue weighted by atomic mass is 10.1. The van der Waals surface area contributed by atoms with E-state index in [2.05, 4.69) is 47.2 Å². The number of para-hydroxylation sites is 1. The average Bonchev–Trinajstić information content (AvgIpc) is 3.37. The van der Waals surface area contributed by atoms with Crippen LogP contribution >= 0.6 is 11.8 Å². The first kappa shape index (κ1) is 20.9. The van der Waals surface area contributed by atoms with Crippen molar-refractivity contribution in [2.45, 2.75) is 25.4 Å². The molecule has 3 heterocycles. The van der Waals surface area contributed by atoms with E-state index in [9.17, 15) is 4.79 Å². The second-order valence-corrected chi connectivity index (χ2v) is 7.74. The number of carbonyl (C=O) groups excluding carboxylic acids is 1. The fourth-order valence-corrected chi connectivity index (χ4v) is 4.01. The van der Waals surface area contributed by atoms with Crippen LogP contribution in [0.5, 0.6) is 0 Å². The largest absolute Gasteiger partial charge is 0.361 e. The first-order valence-electron chi connectivity index (χ1n) is 10.2. The molecule has 0 spiro atoms. The fraction of sp³-hybridized carbons (Fsp3) is 0.350. The van der Waals surface area contributed by atoms with Crippen molar-refractivity contribution in [3.63, 3.8) is 0 Å². The van der Waals surface area contributed by atoms with Gasteiger partial charge in [0.1, 0.15) is 0 Å². The summed E-state index contributed by atoms with van der Waals surface area (Å²) in [5, 5.41) is 19.3. The number of H-pyrrole nitrogens is 1. The summed E-state index contributed by atoms with van der Waals surface area (Å²) in [4.78, 5) is 24.5. The highest BCUT2D eigenvalue weighted by Crippen LogP contribution is 2.21. The minimum absolute atomic E-state index is 0.0585. The number of amides is 1. The maximum absolute atomic E-state index is 12.4. The van der Waals surface area contributed by atoms with Gasteiger partial charge in [-0.25, -0.2) is 4.40 Å². The van der Waals surface area contributed by atoms with Gasteiger partial charge in [0.05, 0.1) is 5.75 Å². The number of benzene rings is 1. The molecule has 1 aromatic carbocycles. The molecule has 10 nitrogen and oxygen atoms in total. The van der Waals surface area contributed by atoms with Crippen LogP contribution in [0.25, 0.3) is 16.7 Å². The molecule has 0 atom stereocenters. The average molecular weight is 440 g/mol. The predicted octanol–water partition coefficient (Wildman–Crippen LogP) is 2.32. The molecule has 3 aromatic heterocycles. The maximum atomic E-state index is 12.4. The van der Waals surface area contributed by atoms with Crippen LogP contribution in [0.3, 0.4) is 0 Å². The molecule has 0 bridgehead atoms. The van der Waals surface area contributed by atoms with Crippen molar-refractivity contribution in [2.24, 2.45) is 0 Å². The van der Waals surface area contributed by atoms with Crippen molar-refractivity contribution in [1.29, 1.82) is 0 Å². The van der Waals surface area contributed by atoms with Gasteiger partial charge in [-0.3, -0.25) is 4.79 Å². The maximum Gasteiger partial charge on any atom is 0.261 e. The number of aromatic amines is 1. The van der Waals surface area contributed by atoms with Gasteiger partial charge in [-0.05, 0) is 31.9 Å². The number of anilines is 2. The SMILES string of the molecule is CCNc1nc(NCC)n2c(SCC(=O)NCCc3c[nH]c4ccccc34)nnc2n1. The van der Waals surface area contributed by atoms with E-state index in [0.717, 1.165) is 11.9 Å². The number of rotatable bonds is 10. The van der Waals surface area contributed by atoms with Crippen molar-refractivity contribution in [3.05, 3.63) is 36.0 Å². The lowest BCUT2D eigenvalue weighted by Crippen LogP contribution is -2.27. The molecule has 0 aliphatic carbocycles. The summed E-state index contributed by atoms with van der Waals surface area (Å²) in [5.74, 6) is 1.69. The van der Waals surface area contributed by atoms with Gasteiger partial charge in [0, 0.05) is 36.7 Å². The summed E-state index contributed by atoms with van der Waals surface area (Å²) in [5.41, 5.74) is 2.30. The van der Waals surface area contributed by atoms with Gasteiger partial charge in [-0.1, -0.05) is 30.0 Å². The predicted molar refractivity (Wildman–Crippen MR) is 123 cm³/mol. The molecule has 31 heavy (non-hydrogen) atoms. The Bertz CT molecular complexity index is 1190. The first-order valence-corrected chi connectivity index (χ1v) is 11.2. The second-order valence-electron chi connectivity index (χ2n) is 6.80. The number of aromatic nitrogens is 6. The smallest absolute Gasteiger partial charge is 0.261 e. The van der Waals surface area contributed by atoms with Crippen molar-refractivity contribution in [2.75, 3.05) is 36.0 Å². The van der Waals surface area contributed by atoms with E-state index in [4.69, 9.17) is 0 Å². The molecule has 0 saturated heterocycles. The molecule has 0 radical (unpaired) electrons. The third-order valence-corrected chi connectivity index (χ3v) is 5.57. The quantitative estimate of drug-likeness (QED) is 0.278. The Balaban J connectivity index is 1.36. The minimum Gasteiger partial charge on any atom is -0.361 e. The highest BCUT2D eigenvalue weighted by molar-refractivity contribution is 7.99. The van der Waals surface area contributed by atoms with E-state index in [0.29, 0.717) is 42.5 Å². The monoisotopic (exact) mass is 439 g/mol. The van der Waals surface area contributed by atoms with Crippen molar-refractivity contribution in [3.8, 4) is 0 Å². The molecule has 4 aromatic rings. The van der Waals surface area contributed by atoms with E-state index < -0.39 is 0 Å². The third-order valence-electron chi connectivity index (χ3n) is 4.64. The normalized spacial score (nSPS) is 11.2. The van der Waals surface area contributed by atoms with Gasteiger partial charge in [-0.2, -0.15) is 9.97 Å². The number of fused-ring (bicyclic) bond motifs is 2. The molecule has 162 valence electrons. The summed E-state index contributed by atoms with van der Waals surface area (Å²) >= 11 is 1.31. The number of thioether (sulfide) groups is 1. The van der Waals surface area contributed by atoms with Crippen LogP contribution in [-0.4, -0.2) is 60.8 Å². The summed E-state index contributed by atoms with van der Waals surface area (Å²) in [6.07, 6.45) is 2.76. The molecular weight excluding hydrogens is 414 g/mol. The Morgan fingerprint density at radius 3 is 2.81 bits per heavy atom. The molecule has 4 rings (SSSR count). The lowest BCUT2D eigenvalue weighted by Gasteiger charge is -2.09. The lowest BCUT2D eigenvalue weighted by molar-refractivity contribution is -0.118. The Morgan fingerprint density at radius 2 is 1.97 bits per heavy atom. The van der Waals surface area contributed by atoms with E-state index in [1.54, 1.807) is 4.40 Å². The van der Waals surface area contributed by atoms with Crippen LogP contribution in [-0.2, 0) is 11.2 Å². The van der Waals surface area contributed by atoms with Crippen molar-refractivity contribution in [1.82, 2.24) is 34.9 Å². The van der Waals surface area contributed by atoms with Crippen LogP contribution < -0.4 is 16.0 Å². The number of hydrogen-bond donors (Lipinski definition) is 4. The highest BCUT2D eigenvalue weighted by Gasteiger charge is 2.15. The molecule has 0 unspecified atom stereocenters. The summed E-state index contributed by atoms with van der Waals surface area (Å²) in [6.45, 7) is 5.92. The Hall–Kier alpha value is -3.34. The zero-order chi connectivity index (χ0) is 21.6. The van der Waals surface area contributed by atoms with Gasteiger partial charge in [-0.15, -0.1) is 10.2 Å². The number of hydrogen-bond acceptors (Lipinski definition) is 8. The van der Waals surface area contributed by atoms with Crippen LogP contribution in [0.2, 0.25) is 0 Å². The van der Waals surface area contributed by atoms with Gasteiger partial charge in [0.2, 0.25) is 17.8 Å². The zero-order valence-electron chi connectivity index (χ0n) is 17.5. The molecule has 1 amide bonds. The fourth-order valence-electron chi connectivity index (χ4n) is 3.25. The molecule has 4 N–H and O–H groups in total. The second kappa shape index (κ2) is 9.65. The number of carbonyl (C=O) groups is 1. The standard InChI is InChI=1S/C20H25N9OS/c1-3-21-17-25-18(22-4-2)29-19(26-17)27-28-20(29)31-12-16(30)23-10-9-13-11-24-15-8-6-5-7-14(13)15/h5-8,11,24H,3-4,9-10,12H2,1-2H3,(H,23,30)(H2,21,22,25,26,27).